The van der Waals surface area contributed by atoms with Crippen molar-refractivity contribution in [2.24, 2.45) is 16.8 Å². The van der Waals surface area contributed by atoms with Crippen molar-refractivity contribution >= 4 is 29.9 Å². The fourth-order valence-electron chi connectivity index (χ4n) is 3.20. The molecule has 5 heteroatoms. The lowest BCUT2D eigenvalue weighted by atomic mass is 9.92. The van der Waals surface area contributed by atoms with Crippen LogP contribution in [0.5, 0.6) is 0 Å². The Labute approximate surface area is 158 Å². The van der Waals surface area contributed by atoms with Crippen LogP contribution in [-0.2, 0) is 6.42 Å². The molecule has 1 aromatic rings. The molecule has 2 atom stereocenters. The van der Waals surface area contributed by atoms with E-state index < -0.39 is 0 Å². The molecule has 2 unspecified atom stereocenters. The third kappa shape index (κ3) is 6.65. The molecule has 2 rings (SSSR count). The van der Waals surface area contributed by atoms with E-state index >= 15 is 0 Å². The highest BCUT2D eigenvalue weighted by Crippen LogP contribution is 2.20. The lowest BCUT2D eigenvalue weighted by Gasteiger charge is -2.37. The van der Waals surface area contributed by atoms with E-state index in [2.05, 4.69) is 48.1 Å². The van der Waals surface area contributed by atoms with Crippen LogP contribution >= 0.6 is 24.0 Å². The van der Waals surface area contributed by atoms with Crippen LogP contribution in [0, 0.1) is 18.8 Å². The highest BCUT2D eigenvalue weighted by Gasteiger charge is 2.23. The first-order chi connectivity index (χ1) is 10.6. The lowest BCUT2D eigenvalue weighted by Crippen LogP contribution is -2.48. The smallest absolute Gasteiger partial charge is 0.193 e. The topological polar surface area (TPSA) is 40.5 Å². The quantitative estimate of drug-likeness (QED) is 0.452. The highest BCUT2D eigenvalue weighted by atomic mass is 127. The first-order valence-electron chi connectivity index (χ1n) is 8.53. The predicted molar refractivity (Wildman–Crippen MR) is 109 cm³/mol. The van der Waals surface area contributed by atoms with Gasteiger partial charge in [-0.05, 0) is 50.2 Å². The monoisotopic (exact) mass is 430 g/mol. The van der Waals surface area contributed by atoms with Crippen molar-refractivity contribution in [3.05, 3.63) is 29.6 Å². The molecule has 2 heterocycles. The molecule has 4 nitrogen and oxygen atoms in total. The average Bonchev–Trinajstić information content (AvgIpc) is 2.47. The summed E-state index contributed by atoms with van der Waals surface area (Å²) in [4.78, 5) is 11.6. The largest absolute Gasteiger partial charge is 0.357 e. The molecule has 130 valence electrons. The average molecular weight is 430 g/mol. The van der Waals surface area contributed by atoms with Crippen molar-refractivity contribution in [3.8, 4) is 0 Å². The van der Waals surface area contributed by atoms with Crippen molar-refractivity contribution < 1.29 is 0 Å². The first kappa shape index (κ1) is 20.2. The third-order valence-corrected chi connectivity index (χ3v) is 4.14. The normalized spacial score (nSPS) is 21.7. The molecule has 1 aliphatic rings. The minimum absolute atomic E-state index is 0. The van der Waals surface area contributed by atoms with Gasteiger partial charge >= 0.3 is 0 Å². The molecule has 0 amide bonds. The summed E-state index contributed by atoms with van der Waals surface area (Å²) in [7, 11) is 0. The predicted octanol–water partition coefficient (Wildman–Crippen LogP) is 3.49. The third-order valence-electron chi connectivity index (χ3n) is 4.14. The van der Waals surface area contributed by atoms with E-state index in [-0.39, 0.29) is 24.0 Å². The molecule has 1 N–H and O–H groups in total. The zero-order valence-corrected chi connectivity index (χ0v) is 17.2. The van der Waals surface area contributed by atoms with Crippen molar-refractivity contribution in [3.63, 3.8) is 0 Å². The fourth-order valence-corrected chi connectivity index (χ4v) is 3.20. The van der Waals surface area contributed by atoms with Crippen molar-refractivity contribution in [2.75, 3.05) is 26.2 Å². The summed E-state index contributed by atoms with van der Waals surface area (Å²) in [6, 6.07) is 4.22. The number of aryl methyl sites for hydroxylation is 1. The summed E-state index contributed by atoms with van der Waals surface area (Å²) in [5.41, 5.74) is 2.32. The first-order valence-corrected chi connectivity index (χ1v) is 8.53. The Bertz CT molecular complexity index is 476. The van der Waals surface area contributed by atoms with Gasteiger partial charge in [-0.25, -0.2) is 0 Å². The Hall–Kier alpha value is -0.850. The number of piperidine rings is 1. The second-order valence-electron chi connectivity index (χ2n) is 6.64. The number of pyridine rings is 1. The van der Waals surface area contributed by atoms with E-state index in [4.69, 9.17) is 4.99 Å². The highest BCUT2D eigenvalue weighted by molar-refractivity contribution is 14.0. The number of likely N-dealkylation sites (tertiary alicyclic amines) is 1. The minimum atomic E-state index is 0. The Morgan fingerprint density at radius 1 is 1.30 bits per heavy atom. The summed E-state index contributed by atoms with van der Waals surface area (Å²) in [5, 5.41) is 3.45. The summed E-state index contributed by atoms with van der Waals surface area (Å²) >= 11 is 0. The second-order valence-corrected chi connectivity index (χ2v) is 6.64. The van der Waals surface area contributed by atoms with Gasteiger partial charge in [0.1, 0.15) is 0 Å². The van der Waals surface area contributed by atoms with Gasteiger partial charge in [0.25, 0.3) is 0 Å². The van der Waals surface area contributed by atoms with Gasteiger partial charge in [0.15, 0.2) is 5.96 Å². The van der Waals surface area contributed by atoms with Crippen molar-refractivity contribution in [1.29, 1.82) is 0 Å². The summed E-state index contributed by atoms with van der Waals surface area (Å²) in [5.74, 6) is 2.56. The molecule has 0 aliphatic carbocycles. The van der Waals surface area contributed by atoms with Gasteiger partial charge in [-0.3, -0.25) is 9.98 Å². The Kier molecular flexibility index (Phi) is 8.87. The van der Waals surface area contributed by atoms with Gasteiger partial charge in [0.2, 0.25) is 0 Å². The van der Waals surface area contributed by atoms with E-state index in [1.54, 1.807) is 0 Å². The molecule has 1 fully saturated rings. The fraction of sp³-hybridized carbons (Fsp3) is 0.667. The molecule has 0 saturated carbocycles. The maximum atomic E-state index is 4.83. The number of aliphatic imine (C=N–C) groups is 1. The number of aromatic nitrogens is 1. The molecule has 0 radical (unpaired) electrons. The van der Waals surface area contributed by atoms with Crippen LogP contribution in [0.1, 0.15) is 38.4 Å². The van der Waals surface area contributed by atoms with Gasteiger partial charge in [0, 0.05) is 38.1 Å². The van der Waals surface area contributed by atoms with Crippen molar-refractivity contribution in [2.45, 2.75) is 40.5 Å². The van der Waals surface area contributed by atoms with Gasteiger partial charge in [-0.2, -0.15) is 0 Å². The zero-order valence-electron chi connectivity index (χ0n) is 14.9. The molecule has 1 saturated heterocycles. The van der Waals surface area contributed by atoms with Crippen LogP contribution in [0.3, 0.4) is 0 Å². The van der Waals surface area contributed by atoms with Crippen LogP contribution in [0.25, 0.3) is 0 Å². The van der Waals surface area contributed by atoms with Gasteiger partial charge in [-0.1, -0.05) is 19.9 Å². The molecular weight excluding hydrogens is 399 g/mol. The second kappa shape index (κ2) is 10.1. The Morgan fingerprint density at radius 2 is 2.00 bits per heavy atom. The SMILES string of the molecule is CCNC(=NCCc1ccc(C)nc1)N1CC(C)CC(C)C1.I. The van der Waals surface area contributed by atoms with Crippen molar-refractivity contribution in [1.82, 2.24) is 15.2 Å². The van der Waals surface area contributed by atoms with Crippen LogP contribution in [0.2, 0.25) is 0 Å². The number of rotatable bonds is 4. The maximum absolute atomic E-state index is 4.83. The van der Waals surface area contributed by atoms with Gasteiger partial charge in [0.05, 0.1) is 0 Å². The number of hydrogen-bond donors (Lipinski definition) is 1. The van der Waals surface area contributed by atoms with Crippen LogP contribution in [-0.4, -0.2) is 42.0 Å². The van der Waals surface area contributed by atoms with E-state index in [1.165, 1.54) is 12.0 Å². The summed E-state index contributed by atoms with van der Waals surface area (Å²) < 4.78 is 0. The maximum Gasteiger partial charge on any atom is 0.193 e. The Balaban J connectivity index is 0.00000264. The van der Waals surface area contributed by atoms with E-state index in [0.29, 0.717) is 0 Å². The Morgan fingerprint density at radius 3 is 2.57 bits per heavy atom. The minimum Gasteiger partial charge on any atom is -0.357 e. The van der Waals surface area contributed by atoms with E-state index in [0.717, 1.165) is 56.1 Å². The number of nitrogens with one attached hydrogen (secondary N) is 1. The van der Waals surface area contributed by atoms with Crippen LogP contribution in [0.4, 0.5) is 0 Å². The lowest BCUT2D eigenvalue weighted by molar-refractivity contribution is 0.208. The molecule has 0 bridgehead atoms. The molecule has 0 aromatic carbocycles. The summed E-state index contributed by atoms with van der Waals surface area (Å²) in [6.07, 6.45) is 4.23. The number of guanidine groups is 1. The molecule has 1 aromatic heterocycles. The molecule has 1 aliphatic heterocycles. The van der Waals surface area contributed by atoms with Gasteiger partial charge in [-0.15, -0.1) is 24.0 Å². The molecule has 0 spiro atoms. The molecular formula is C18H31IN4. The number of halogens is 1. The summed E-state index contributed by atoms with van der Waals surface area (Å²) in [6.45, 7) is 12.8. The number of hydrogen-bond acceptors (Lipinski definition) is 2. The van der Waals surface area contributed by atoms with Gasteiger partial charge < -0.3 is 10.2 Å². The van der Waals surface area contributed by atoms with Crippen LogP contribution < -0.4 is 5.32 Å². The van der Waals surface area contributed by atoms with E-state index in [9.17, 15) is 0 Å². The molecule has 23 heavy (non-hydrogen) atoms. The number of nitrogens with zero attached hydrogens (tertiary/aromatic N) is 3. The zero-order chi connectivity index (χ0) is 15.9. The standard InChI is InChI=1S/C18H30N4.HI/c1-5-19-18(22-12-14(2)10-15(3)13-22)20-9-8-17-7-6-16(4)21-11-17;/h6-7,11,14-15H,5,8-10,12-13H2,1-4H3,(H,19,20);1H. The van der Waals surface area contributed by atoms with E-state index in [1.807, 2.05) is 13.1 Å². The van der Waals surface area contributed by atoms with Crippen LogP contribution in [0.15, 0.2) is 23.3 Å².